The molecule has 0 radical (unpaired) electrons. The van der Waals surface area contributed by atoms with Crippen LogP contribution in [0, 0.1) is 0 Å². The minimum atomic E-state index is -0.778. The highest BCUT2D eigenvalue weighted by atomic mass is 32.2. The molecule has 1 rings (SSSR count). The molecule has 1 aromatic rings. The first kappa shape index (κ1) is 21.8. The van der Waals surface area contributed by atoms with Crippen LogP contribution in [0.3, 0.4) is 0 Å². The van der Waals surface area contributed by atoms with Crippen LogP contribution in [0.2, 0.25) is 0 Å². The molecule has 3 amide bonds. The van der Waals surface area contributed by atoms with E-state index in [0.29, 0.717) is 25.0 Å². The van der Waals surface area contributed by atoms with E-state index in [1.807, 2.05) is 43.5 Å². The van der Waals surface area contributed by atoms with Crippen molar-refractivity contribution in [2.45, 2.75) is 44.9 Å². The largest absolute Gasteiger partial charge is 0.445 e. The van der Waals surface area contributed by atoms with E-state index < -0.39 is 30.0 Å². The number of alkyl carbamates (subject to hydrolysis) is 1. The van der Waals surface area contributed by atoms with Crippen molar-refractivity contribution in [3.05, 3.63) is 35.9 Å². The van der Waals surface area contributed by atoms with Crippen molar-refractivity contribution in [2.75, 3.05) is 12.0 Å². The number of carbonyl (C=O) groups is 3. The molecular weight excluding hydrogens is 354 g/mol. The minimum Gasteiger partial charge on any atom is -0.445 e. The molecule has 0 aliphatic carbocycles. The lowest BCUT2D eigenvalue weighted by Gasteiger charge is -2.21. The predicted molar refractivity (Wildman–Crippen MR) is 103 cm³/mol. The summed E-state index contributed by atoms with van der Waals surface area (Å²) in [7, 11) is 0. The Morgan fingerprint density at radius 3 is 2.38 bits per heavy atom. The number of hydrogen-bond donors (Lipinski definition) is 3. The molecule has 0 saturated heterocycles. The predicted octanol–water partition coefficient (Wildman–Crippen LogP) is 1.80. The number of carbonyl (C=O) groups excluding carboxylic acids is 3. The van der Waals surface area contributed by atoms with E-state index >= 15 is 0 Å². The molecule has 4 N–H and O–H groups in total. The zero-order valence-corrected chi connectivity index (χ0v) is 16.0. The fourth-order valence-corrected chi connectivity index (χ4v) is 2.73. The molecule has 0 spiro atoms. The second-order valence-electron chi connectivity index (χ2n) is 5.79. The minimum absolute atomic E-state index is 0.116. The van der Waals surface area contributed by atoms with Crippen LogP contribution in [0.1, 0.15) is 31.7 Å². The average Bonchev–Trinajstić information content (AvgIpc) is 2.63. The average molecular weight is 381 g/mol. The van der Waals surface area contributed by atoms with Gasteiger partial charge in [-0.25, -0.2) is 4.79 Å². The first-order valence-electron chi connectivity index (χ1n) is 8.53. The van der Waals surface area contributed by atoms with Gasteiger partial charge in [0, 0.05) is 0 Å². The molecule has 8 heteroatoms. The third kappa shape index (κ3) is 8.24. The quantitative estimate of drug-likeness (QED) is 0.541. The van der Waals surface area contributed by atoms with Gasteiger partial charge in [0.1, 0.15) is 18.7 Å². The monoisotopic (exact) mass is 381 g/mol. The number of hydrogen-bond acceptors (Lipinski definition) is 5. The Bertz CT molecular complexity index is 583. The van der Waals surface area contributed by atoms with Crippen molar-refractivity contribution in [1.29, 1.82) is 0 Å². The zero-order chi connectivity index (χ0) is 19.4. The van der Waals surface area contributed by atoms with Gasteiger partial charge in [0.2, 0.25) is 11.8 Å². The van der Waals surface area contributed by atoms with Gasteiger partial charge >= 0.3 is 6.09 Å². The van der Waals surface area contributed by atoms with Crippen molar-refractivity contribution in [1.82, 2.24) is 10.6 Å². The molecule has 0 aliphatic rings. The zero-order valence-electron chi connectivity index (χ0n) is 15.2. The molecule has 144 valence electrons. The maximum absolute atomic E-state index is 12.4. The number of primary amides is 1. The van der Waals surface area contributed by atoms with E-state index in [0.717, 1.165) is 5.56 Å². The molecule has 2 atom stereocenters. The highest BCUT2D eigenvalue weighted by Crippen LogP contribution is 2.05. The highest BCUT2D eigenvalue weighted by Gasteiger charge is 2.25. The Morgan fingerprint density at radius 2 is 1.81 bits per heavy atom. The Labute approximate surface area is 158 Å². The molecule has 0 heterocycles. The summed E-state index contributed by atoms with van der Waals surface area (Å²) in [4.78, 5) is 35.9. The van der Waals surface area contributed by atoms with Gasteiger partial charge in [-0.05, 0) is 30.4 Å². The van der Waals surface area contributed by atoms with Crippen molar-refractivity contribution in [3.63, 3.8) is 0 Å². The maximum atomic E-state index is 12.4. The van der Waals surface area contributed by atoms with E-state index in [4.69, 9.17) is 10.5 Å². The number of benzene rings is 1. The number of amides is 3. The fraction of sp³-hybridized carbons (Fsp3) is 0.500. The summed E-state index contributed by atoms with van der Waals surface area (Å²) in [5, 5.41) is 5.18. The molecule has 0 saturated carbocycles. The van der Waals surface area contributed by atoms with Crippen LogP contribution in [0.4, 0.5) is 4.79 Å². The number of nitrogens with two attached hydrogens (primary N) is 1. The van der Waals surface area contributed by atoms with Crippen LogP contribution < -0.4 is 16.4 Å². The van der Waals surface area contributed by atoms with E-state index in [1.165, 1.54) is 0 Å². The number of nitrogens with one attached hydrogen (secondary N) is 2. The van der Waals surface area contributed by atoms with Crippen molar-refractivity contribution >= 4 is 29.7 Å². The molecular formula is C18H27N3O4S. The third-order valence-corrected chi connectivity index (χ3v) is 4.31. The molecule has 0 fully saturated rings. The topological polar surface area (TPSA) is 111 Å². The van der Waals surface area contributed by atoms with Crippen LogP contribution in [0.5, 0.6) is 0 Å². The Hall–Kier alpha value is -2.22. The van der Waals surface area contributed by atoms with Gasteiger partial charge in [0.25, 0.3) is 0 Å². The smallest absolute Gasteiger partial charge is 0.408 e. The van der Waals surface area contributed by atoms with Crippen LogP contribution in [0.25, 0.3) is 0 Å². The van der Waals surface area contributed by atoms with Crippen LogP contribution in [-0.4, -0.2) is 42.0 Å². The standard InChI is InChI=1S/C18H27N3O4S/c1-3-7-15(17(23)20-14(16(19)22)10-11-26-2)21-18(24)25-12-13-8-5-4-6-9-13/h4-6,8-9,14-15H,3,7,10-12H2,1-2H3,(H2,19,22)(H,20,23)(H,21,24)/t14-,15-/m0/s1. The second kappa shape index (κ2) is 12.2. The van der Waals surface area contributed by atoms with E-state index in [1.54, 1.807) is 11.8 Å². The lowest BCUT2D eigenvalue weighted by Crippen LogP contribution is -2.53. The number of ether oxygens (including phenoxy) is 1. The summed E-state index contributed by atoms with van der Waals surface area (Å²) in [6.45, 7) is 2.02. The van der Waals surface area contributed by atoms with Gasteiger partial charge in [0.05, 0.1) is 0 Å². The Morgan fingerprint density at radius 1 is 1.12 bits per heavy atom. The van der Waals surface area contributed by atoms with Gasteiger partial charge < -0.3 is 21.1 Å². The van der Waals surface area contributed by atoms with E-state index in [9.17, 15) is 14.4 Å². The first-order chi connectivity index (χ1) is 12.5. The molecule has 7 nitrogen and oxygen atoms in total. The normalized spacial score (nSPS) is 12.7. The van der Waals surface area contributed by atoms with Gasteiger partial charge in [-0.15, -0.1) is 0 Å². The molecule has 1 aromatic carbocycles. The van der Waals surface area contributed by atoms with Gasteiger partial charge in [-0.3, -0.25) is 9.59 Å². The van der Waals surface area contributed by atoms with Crippen molar-refractivity contribution in [2.24, 2.45) is 5.73 Å². The highest BCUT2D eigenvalue weighted by molar-refractivity contribution is 7.98. The lowest BCUT2D eigenvalue weighted by atomic mass is 10.1. The first-order valence-corrected chi connectivity index (χ1v) is 9.93. The molecule has 0 bridgehead atoms. The van der Waals surface area contributed by atoms with Crippen molar-refractivity contribution in [3.8, 4) is 0 Å². The third-order valence-electron chi connectivity index (χ3n) is 3.67. The molecule has 0 aliphatic heterocycles. The number of thioether (sulfide) groups is 1. The fourth-order valence-electron chi connectivity index (χ4n) is 2.26. The van der Waals surface area contributed by atoms with Crippen LogP contribution in [-0.2, 0) is 20.9 Å². The summed E-state index contributed by atoms with van der Waals surface area (Å²) in [5.41, 5.74) is 6.19. The number of rotatable bonds is 11. The molecule has 0 unspecified atom stereocenters. The summed E-state index contributed by atoms with van der Waals surface area (Å²) in [5.74, 6) is -0.332. The van der Waals surface area contributed by atoms with Crippen molar-refractivity contribution < 1.29 is 19.1 Å². The summed E-state index contributed by atoms with van der Waals surface area (Å²) >= 11 is 1.56. The van der Waals surface area contributed by atoms with Gasteiger partial charge in [-0.1, -0.05) is 43.7 Å². The molecule has 26 heavy (non-hydrogen) atoms. The summed E-state index contributed by atoms with van der Waals surface area (Å²) < 4.78 is 5.15. The summed E-state index contributed by atoms with van der Waals surface area (Å²) in [6.07, 6.45) is 2.79. The lowest BCUT2D eigenvalue weighted by molar-refractivity contribution is -0.128. The SMILES string of the molecule is CCC[C@H](NC(=O)OCc1ccccc1)C(=O)N[C@@H](CCSC)C(N)=O. The van der Waals surface area contributed by atoms with E-state index in [2.05, 4.69) is 10.6 Å². The van der Waals surface area contributed by atoms with E-state index in [-0.39, 0.29) is 6.61 Å². The maximum Gasteiger partial charge on any atom is 0.408 e. The second-order valence-corrected chi connectivity index (χ2v) is 6.78. The Kier molecular flexibility index (Phi) is 10.2. The Balaban J connectivity index is 2.57. The van der Waals surface area contributed by atoms with Crippen LogP contribution >= 0.6 is 11.8 Å². The molecule has 0 aromatic heterocycles. The van der Waals surface area contributed by atoms with Crippen LogP contribution in [0.15, 0.2) is 30.3 Å². The summed E-state index contributed by atoms with van der Waals surface area (Å²) in [6, 6.07) is 7.72. The van der Waals surface area contributed by atoms with Gasteiger partial charge in [0.15, 0.2) is 0 Å². The van der Waals surface area contributed by atoms with Gasteiger partial charge in [-0.2, -0.15) is 11.8 Å².